The Morgan fingerprint density at radius 1 is 1.07 bits per heavy atom. The topological polar surface area (TPSA) is 64.7 Å². The van der Waals surface area contributed by atoms with Gasteiger partial charge in [0.1, 0.15) is 12.7 Å². The minimum Gasteiger partial charge on any atom is -0.324 e. The predicted octanol–water partition coefficient (Wildman–Crippen LogP) is 3.89. The highest BCUT2D eigenvalue weighted by Crippen LogP contribution is 2.24. The van der Waals surface area contributed by atoms with Crippen LogP contribution in [0.1, 0.15) is 5.56 Å². The number of rotatable bonds is 5. The lowest BCUT2D eigenvalue weighted by atomic mass is 10.1. The molecule has 2 aromatic heterocycles. The summed E-state index contributed by atoms with van der Waals surface area (Å²) in [5.74, 6) is -0.132. The summed E-state index contributed by atoms with van der Waals surface area (Å²) in [6.45, 7) is 0. The summed E-state index contributed by atoms with van der Waals surface area (Å²) in [4.78, 5) is 16.5. The van der Waals surface area contributed by atoms with Crippen molar-refractivity contribution < 1.29 is 4.79 Å². The number of nitrogens with one attached hydrogen (secondary N) is 1. The van der Waals surface area contributed by atoms with E-state index in [9.17, 15) is 4.79 Å². The summed E-state index contributed by atoms with van der Waals surface area (Å²) in [5, 5.41) is 7.56. The maximum absolute atomic E-state index is 12.5. The van der Waals surface area contributed by atoms with Gasteiger partial charge in [-0.3, -0.25) is 4.79 Å². The van der Waals surface area contributed by atoms with Crippen LogP contribution in [-0.4, -0.2) is 25.2 Å². The molecule has 27 heavy (non-hydrogen) atoms. The number of nitrogens with zero attached hydrogens (tertiary/aromatic N) is 4. The van der Waals surface area contributed by atoms with Crippen LogP contribution in [0.25, 0.3) is 11.4 Å². The van der Waals surface area contributed by atoms with Gasteiger partial charge in [-0.2, -0.15) is 5.10 Å². The number of carbonyl (C=O) groups excluding carboxylic acids is 1. The molecule has 0 saturated carbocycles. The van der Waals surface area contributed by atoms with E-state index in [4.69, 9.17) is 11.6 Å². The fourth-order valence-corrected chi connectivity index (χ4v) is 2.99. The third-order valence-electron chi connectivity index (χ3n) is 4.10. The second kappa shape index (κ2) is 7.47. The van der Waals surface area contributed by atoms with Crippen LogP contribution in [0.5, 0.6) is 0 Å². The van der Waals surface area contributed by atoms with E-state index in [-0.39, 0.29) is 12.3 Å². The second-order valence-corrected chi connectivity index (χ2v) is 6.42. The zero-order valence-electron chi connectivity index (χ0n) is 14.3. The Morgan fingerprint density at radius 3 is 2.56 bits per heavy atom. The Hall–Kier alpha value is -3.38. The predicted molar refractivity (Wildman–Crippen MR) is 104 cm³/mol. The molecule has 0 saturated heterocycles. The van der Waals surface area contributed by atoms with Crippen molar-refractivity contribution in [2.45, 2.75) is 6.42 Å². The van der Waals surface area contributed by atoms with Gasteiger partial charge in [-0.05, 0) is 48.0 Å². The van der Waals surface area contributed by atoms with Gasteiger partial charge < -0.3 is 9.88 Å². The summed E-state index contributed by atoms with van der Waals surface area (Å²) in [7, 11) is 0. The van der Waals surface area contributed by atoms with Gasteiger partial charge in [0.25, 0.3) is 0 Å². The number of benzene rings is 2. The Balaban J connectivity index is 1.49. The molecule has 0 fully saturated rings. The molecule has 0 atom stereocenters. The van der Waals surface area contributed by atoms with Crippen LogP contribution in [0, 0.1) is 0 Å². The first-order valence-corrected chi connectivity index (χ1v) is 8.73. The number of halogens is 1. The van der Waals surface area contributed by atoms with Crippen molar-refractivity contribution in [2.24, 2.45) is 0 Å². The molecule has 2 aromatic carbocycles. The Labute approximate surface area is 161 Å². The van der Waals surface area contributed by atoms with E-state index in [1.54, 1.807) is 29.2 Å². The van der Waals surface area contributed by atoms with Gasteiger partial charge in [-0.15, -0.1) is 0 Å². The van der Waals surface area contributed by atoms with Crippen LogP contribution in [0.4, 0.5) is 5.69 Å². The third-order valence-corrected chi connectivity index (χ3v) is 4.34. The Kier molecular flexibility index (Phi) is 4.72. The van der Waals surface area contributed by atoms with Gasteiger partial charge in [-0.1, -0.05) is 23.7 Å². The number of carbonyl (C=O) groups is 1. The molecule has 6 nitrogen and oxygen atoms in total. The molecule has 4 rings (SSSR count). The summed E-state index contributed by atoms with van der Waals surface area (Å²) in [6, 6.07) is 17.1. The van der Waals surface area contributed by atoms with E-state index in [0.29, 0.717) is 16.4 Å². The summed E-state index contributed by atoms with van der Waals surface area (Å²) >= 11 is 6.09. The molecule has 2 heterocycles. The number of aromatic nitrogens is 4. The minimum atomic E-state index is -0.132. The van der Waals surface area contributed by atoms with E-state index >= 15 is 0 Å². The van der Waals surface area contributed by atoms with Crippen molar-refractivity contribution in [3.8, 4) is 11.4 Å². The van der Waals surface area contributed by atoms with Crippen molar-refractivity contribution in [1.82, 2.24) is 19.3 Å². The fraction of sp³-hybridized carbons (Fsp3) is 0.0500. The maximum atomic E-state index is 12.5. The highest BCUT2D eigenvalue weighted by atomic mass is 35.5. The molecule has 0 aliphatic rings. The van der Waals surface area contributed by atoms with Gasteiger partial charge in [-0.25, -0.2) is 9.67 Å². The minimum absolute atomic E-state index is 0.132. The van der Waals surface area contributed by atoms with Crippen LogP contribution in [0.15, 0.2) is 79.6 Å². The van der Waals surface area contributed by atoms with Crippen LogP contribution in [0.3, 0.4) is 0 Å². The first-order chi connectivity index (χ1) is 13.2. The molecule has 4 aromatic rings. The zero-order valence-corrected chi connectivity index (χ0v) is 15.0. The monoisotopic (exact) mass is 377 g/mol. The molecule has 0 aliphatic heterocycles. The highest BCUT2D eigenvalue weighted by Gasteiger charge is 2.11. The standard InChI is InChI=1S/C20H16ClN5O/c21-16-5-8-19(26-14-22-13-23-26)18(12-16)24-20(27)11-15-3-6-17(7-4-15)25-9-1-2-10-25/h1-10,12-14H,11H2,(H,24,27). The van der Waals surface area contributed by atoms with Gasteiger partial charge in [0.2, 0.25) is 5.91 Å². The van der Waals surface area contributed by atoms with Crippen molar-refractivity contribution in [2.75, 3.05) is 5.32 Å². The van der Waals surface area contributed by atoms with Crippen LogP contribution >= 0.6 is 11.6 Å². The Bertz CT molecular complexity index is 1040. The van der Waals surface area contributed by atoms with E-state index in [1.165, 1.54) is 6.33 Å². The normalized spacial score (nSPS) is 10.7. The van der Waals surface area contributed by atoms with Gasteiger partial charge in [0.15, 0.2) is 0 Å². The first-order valence-electron chi connectivity index (χ1n) is 8.36. The van der Waals surface area contributed by atoms with E-state index in [2.05, 4.69) is 15.4 Å². The SMILES string of the molecule is O=C(Cc1ccc(-n2cccc2)cc1)Nc1cc(Cl)ccc1-n1cncn1. The van der Waals surface area contributed by atoms with Crippen molar-refractivity contribution in [3.05, 3.63) is 90.2 Å². The lowest BCUT2D eigenvalue weighted by Gasteiger charge is -2.12. The van der Waals surface area contributed by atoms with Crippen LogP contribution in [-0.2, 0) is 11.2 Å². The molecule has 0 unspecified atom stereocenters. The average molecular weight is 378 g/mol. The maximum Gasteiger partial charge on any atom is 0.228 e. The molecule has 1 amide bonds. The number of hydrogen-bond acceptors (Lipinski definition) is 3. The second-order valence-electron chi connectivity index (χ2n) is 5.98. The molecule has 0 spiro atoms. The van der Waals surface area contributed by atoms with E-state index < -0.39 is 0 Å². The summed E-state index contributed by atoms with van der Waals surface area (Å²) in [5.41, 5.74) is 3.26. The summed E-state index contributed by atoms with van der Waals surface area (Å²) < 4.78 is 3.60. The molecule has 7 heteroatoms. The van der Waals surface area contributed by atoms with Gasteiger partial charge in [0, 0.05) is 23.1 Å². The van der Waals surface area contributed by atoms with E-state index in [1.807, 2.05) is 53.4 Å². The number of hydrogen-bond donors (Lipinski definition) is 1. The molecule has 0 radical (unpaired) electrons. The average Bonchev–Trinajstić information content (AvgIpc) is 3.37. The molecule has 0 aliphatic carbocycles. The highest BCUT2D eigenvalue weighted by molar-refractivity contribution is 6.31. The quantitative estimate of drug-likeness (QED) is 0.573. The smallest absolute Gasteiger partial charge is 0.228 e. The van der Waals surface area contributed by atoms with Crippen LogP contribution < -0.4 is 5.32 Å². The zero-order chi connectivity index (χ0) is 18.6. The van der Waals surface area contributed by atoms with Gasteiger partial charge in [0.05, 0.1) is 17.8 Å². The fourth-order valence-electron chi connectivity index (χ4n) is 2.81. The Morgan fingerprint density at radius 2 is 1.85 bits per heavy atom. The molecule has 1 N–H and O–H groups in total. The van der Waals surface area contributed by atoms with Crippen LogP contribution in [0.2, 0.25) is 5.02 Å². The number of amides is 1. The molecule has 134 valence electrons. The van der Waals surface area contributed by atoms with Crippen molar-refractivity contribution >= 4 is 23.2 Å². The molecule has 0 bridgehead atoms. The first kappa shape index (κ1) is 17.1. The number of anilines is 1. The van der Waals surface area contributed by atoms with Crippen molar-refractivity contribution in [3.63, 3.8) is 0 Å². The van der Waals surface area contributed by atoms with Crippen molar-refractivity contribution in [1.29, 1.82) is 0 Å². The van der Waals surface area contributed by atoms with Gasteiger partial charge >= 0.3 is 0 Å². The summed E-state index contributed by atoms with van der Waals surface area (Å²) in [6.07, 6.45) is 7.22. The lowest BCUT2D eigenvalue weighted by Crippen LogP contribution is -2.16. The largest absolute Gasteiger partial charge is 0.324 e. The van der Waals surface area contributed by atoms with E-state index in [0.717, 1.165) is 11.3 Å². The third kappa shape index (κ3) is 3.91. The molecular weight excluding hydrogens is 362 g/mol. The molecular formula is C20H16ClN5O. The lowest BCUT2D eigenvalue weighted by molar-refractivity contribution is -0.115.